The molecule has 0 amide bonds. The van der Waals surface area contributed by atoms with Crippen LogP contribution in [0, 0.1) is 33.6 Å². The summed E-state index contributed by atoms with van der Waals surface area (Å²) in [6, 6.07) is 38.5. The predicted octanol–water partition coefficient (Wildman–Crippen LogP) is 10.8. The fraction of sp³-hybridized carbons (Fsp3) is 0.333. The summed E-state index contributed by atoms with van der Waals surface area (Å²) < 4.78 is 63.4. The van der Waals surface area contributed by atoms with Crippen LogP contribution in [0.15, 0.2) is 133 Å². The maximum absolute atomic E-state index is 15.1. The van der Waals surface area contributed by atoms with E-state index in [1.165, 1.54) is 6.92 Å². The second-order valence-corrected chi connectivity index (χ2v) is 26.5. The standard InChI is InChI=1S/C63H70O14P2/c1-41-38-50(62(6,7)8)56(43(3)54(41)60(68)78(70,46-24-16-12-17-25-46)47-26-18-13-19-27-47)73-35-34-72-52(64)32-33-53(65)76-40-77-59(67)45(5)58(66)75-37-36-74-57-44(4)55(42(2)39-51(57)63(9,10)11)61(69)79(71,48-28-20-14-21-29-48)49-30-22-15-23-31-49/h12-31,38-39,45H,32-37,40H2,1-11H3. The maximum atomic E-state index is 15.1. The summed E-state index contributed by atoms with van der Waals surface area (Å²) in [7, 11) is -7.71. The van der Waals surface area contributed by atoms with E-state index in [9.17, 15) is 28.8 Å². The van der Waals surface area contributed by atoms with Crippen molar-refractivity contribution in [2.24, 2.45) is 5.92 Å². The Morgan fingerprint density at radius 1 is 0.443 bits per heavy atom. The van der Waals surface area contributed by atoms with Crippen molar-refractivity contribution in [3.8, 4) is 11.5 Å². The van der Waals surface area contributed by atoms with Gasteiger partial charge in [-0.2, -0.15) is 0 Å². The molecule has 6 aromatic rings. The first-order valence-electron chi connectivity index (χ1n) is 26.0. The summed E-state index contributed by atoms with van der Waals surface area (Å²) in [5.41, 5.74) is 2.44. The summed E-state index contributed by atoms with van der Waals surface area (Å²) >= 11 is 0. The van der Waals surface area contributed by atoms with Crippen LogP contribution in [0.2, 0.25) is 0 Å². The second kappa shape index (κ2) is 26.0. The van der Waals surface area contributed by atoms with Crippen molar-refractivity contribution in [2.75, 3.05) is 33.2 Å². The Kier molecular flexibility index (Phi) is 20.0. The van der Waals surface area contributed by atoms with Crippen molar-refractivity contribution >= 4 is 70.4 Å². The number of carbonyl (C=O) groups is 6. The number of carbonyl (C=O) groups excluding carboxylic acids is 6. The molecule has 1 unspecified atom stereocenters. The Bertz CT molecular complexity index is 3200. The average Bonchev–Trinajstić information content (AvgIpc) is 3.61. The van der Waals surface area contributed by atoms with Crippen molar-refractivity contribution in [1.82, 2.24) is 0 Å². The van der Waals surface area contributed by atoms with E-state index in [2.05, 4.69) is 0 Å². The van der Waals surface area contributed by atoms with Gasteiger partial charge in [0, 0.05) is 54.6 Å². The summed E-state index contributed by atoms with van der Waals surface area (Å²) in [5.74, 6) is -4.16. The number of ether oxygens (including phenoxy) is 6. The zero-order chi connectivity index (χ0) is 57.9. The van der Waals surface area contributed by atoms with Gasteiger partial charge in [0.15, 0.2) is 5.92 Å². The molecule has 16 heteroatoms. The van der Waals surface area contributed by atoms with Gasteiger partial charge in [-0.15, -0.1) is 0 Å². The molecule has 0 aliphatic rings. The molecule has 0 aliphatic heterocycles. The molecule has 6 aromatic carbocycles. The molecule has 1 atom stereocenters. The molecule has 6 rings (SSSR count). The minimum atomic E-state index is -3.86. The van der Waals surface area contributed by atoms with E-state index < -0.39 is 79.2 Å². The third-order valence-corrected chi connectivity index (χ3v) is 19.0. The average molecular weight is 1110 g/mol. The fourth-order valence-electron chi connectivity index (χ4n) is 9.14. The van der Waals surface area contributed by atoms with Gasteiger partial charge in [-0.25, -0.2) is 0 Å². The molecular weight excluding hydrogens is 1040 g/mol. The van der Waals surface area contributed by atoms with Crippen LogP contribution in [0.3, 0.4) is 0 Å². The fourth-order valence-corrected chi connectivity index (χ4v) is 14.4. The molecule has 0 N–H and O–H groups in total. The summed E-state index contributed by atoms with van der Waals surface area (Å²) in [6.45, 7) is 18.8. The monoisotopic (exact) mass is 1110 g/mol. The lowest BCUT2D eigenvalue weighted by Crippen LogP contribution is -2.28. The molecule has 79 heavy (non-hydrogen) atoms. The first kappa shape index (κ1) is 60.8. The molecule has 0 radical (unpaired) electrons. The van der Waals surface area contributed by atoms with E-state index in [4.69, 9.17) is 28.4 Å². The highest BCUT2D eigenvalue weighted by atomic mass is 31.2. The Morgan fingerprint density at radius 2 is 0.759 bits per heavy atom. The first-order chi connectivity index (χ1) is 37.3. The lowest BCUT2D eigenvalue weighted by Gasteiger charge is -2.28. The van der Waals surface area contributed by atoms with Crippen molar-refractivity contribution < 1.29 is 66.3 Å². The van der Waals surface area contributed by atoms with Crippen LogP contribution >= 0.6 is 14.3 Å². The smallest absolute Gasteiger partial charge is 0.322 e. The van der Waals surface area contributed by atoms with Gasteiger partial charge < -0.3 is 37.6 Å². The third-order valence-electron chi connectivity index (χ3n) is 13.4. The van der Waals surface area contributed by atoms with Crippen molar-refractivity contribution in [1.29, 1.82) is 0 Å². The van der Waals surface area contributed by atoms with E-state index in [-0.39, 0.29) is 44.0 Å². The van der Waals surface area contributed by atoms with Crippen LogP contribution in [0.1, 0.15) is 115 Å². The molecule has 0 saturated heterocycles. The molecule has 416 valence electrons. The van der Waals surface area contributed by atoms with Gasteiger partial charge >= 0.3 is 23.9 Å². The molecule has 0 fully saturated rings. The van der Waals surface area contributed by atoms with E-state index in [0.717, 1.165) is 11.1 Å². The van der Waals surface area contributed by atoms with Gasteiger partial charge in [0.2, 0.25) is 32.1 Å². The Hall–Kier alpha value is -7.40. The Balaban J connectivity index is 0.979. The van der Waals surface area contributed by atoms with Gasteiger partial charge in [-0.1, -0.05) is 175 Å². The van der Waals surface area contributed by atoms with Crippen LogP contribution in [-0.2, 0) is 58.1 Å². The quantitative estimate of drug-likeness (QED) is 0.0147. The molecule has 0 heterocycles. The summed E-state index contributed by atoms with van der Waals surface area (Å²) in [5, 5.41) is 1.62. The molecule has 0 bridgehead atoms. The summed E-state index contributed by atoms with van der Waals surface area (Å²) in [6.07, 6.45) is -0.763. The van der Waals surface area contributed by atoms with Crippen LogP contribution in [0.4, 0.5) is 0 Å². The highest BCUT2D eigenvalue weighted by molar-refractivity contribution is 7.94. The minimum Gasteiger partial charge on any atom is -0.489 e. The lowest BCUT2D eigenvalue weighted by atomic mass is 9.83. The maximum Gasteiger partial charge on any atom is 0.322 e. The molecule has 0 spiro atoms. The zero-order valence-corrected chi connectivity index (χ0v) is 48.6. The number of hydrogen-bond acceptors (Lipinski definition) is 14. The third kappa shape index (κ3) is 14.1. The highest BCUT2D eigenvalue weighted by Crippen LogP contribution is 2.51. The van der Waals surface area contributed by atoms with Gasteiger partial charge in [0.05, 0.1) is 12.8 Å². The molecule has 0 aromatic heterocycles. The predicted molar refractivity (Wildman–Crippen MR) is 306 cm³/mol. The van der Waals surface area contributed by atoms with Crippen LogP contribution in [-0.4, -0.2) is 68.1 Å². The van der Waals surface area contributed by atoms with E-state index in [1.54, 1.807) is 142 Å². The number of benzene rings is 6. The minimum absolute atomic E-state index is 0.0981. The van der Waals surface area contributed by atoms with Crippen LogP contribution < -0.4 is 30.7 Å². The van der Waals surface area contributed by atoms with Gasteiger partial charge in [-0.3, -0.25) is 28.8 Å². The Morgan fingerprint density at radius 3 is 1.10 bits per heavy atom. The van der Waals surface area contributed by atoms with Gasteiger partial charge in [-0.05, 0) is 56.6 Å². The molecule has 14 nitrogen and oxygen atoms in total. The molecule has 0 saturated carbocycles. The topological polar surface area (TPSA) is 192 Å². The first-order valence-corrected chi connectivity index (χ1v) is 29.5. The number of esters is 4. The molecule has 0 aliphatic carbocycles. The number of rotatable bonds is 23. The zero-order valence-electron chi connectivity index (χ0n) is 46.8. The van der Waals surface area contributed by atoms with Gasteiger partial charge in [0.25, 0.3) is 0 Å². The second-order valence-electron chi connectivity index (χ2n) is 21.2. The van der Waals surface area contributed by atoms with E-state index in [0.29, 0.717) is 55.0 Å². The number of aryl methyl sites for hydroxylation is 2. The molecular formula is C63H70O14P2. The Labute approximate surface area is 463 Å². The van der Waals surface area contributed by atoms with Crippen molar-refractivity contribution in [3.63, 3.8) is 0 Å². The lowest BCUT2D eigenvalue weighted by molar-refractivity contribution is -0.174. The largest absolute Gasteiger partial charge is 0.489 e. The SMILES string of the molecule is Cc1cc(C(C)(C)C)c(OCCOC(=O)CCC(=O)OCOC(=O)C(C)C(=O)OCCOc2c(C(C)(C)C)cc(C)c(C(=O)P(=O)(c3ccccc3)c3ccccc3)c2C)c(C)c1C(=O)P(=O)(c1ccccc1)c1ccccc1. The van der Waals surface area contributed by atoms with E-state index in [1.807, 2.05) is 60.6 Å². The summed E-state index contributed by atoms with van der Waals surface area (Å²) in [4.78, 5) is 80.2. The van der Waals surface area contributed by atoms with Crippen LogP contribution in [0.25, 0.3) is 0 Å². The highest BCUT2D eigenvalue weighted by Gasteiger charge is 2.41. The van der Waals surface area contributed by atoms with Crippen molar-refractivity contribution in [2.45, 2.75) is 99.8 Å². The van der Waals surface area contributed by atoms with Crippen LogP contribution in [0.5, 0.6) is 11.5 Å². The van der Waals surface area contributed by atoms with E-state index >= 15 is 9.13 Å². The normalized spacial score (nSPS) is 12.2. The van der Waals surface area contributed by atoms with Crippen molar-refractivity contribution in [3.05, 3.63) is 178 Å². The van der Waals surface area contributed by atoms with Gasteiger partial charge in [0.1, 0.15) is 37.9 Å². The number of hydrogen-bond donors (Lipinski definition) is 0.